The average molecular weight is 248 g/mol. The molecule has 0 N–H and O–H groups in total. The molecule has 0 aromatic heterocycles. The van der Waals surface area contributed by atoms with E-state index >= 15 is 0 Å². The van der Waals surface area contributed by atoms with Crippen LogP contribution in [0.3, 0.4) is 0 Å². The molecule has 0 radical (unpaired) electrons. The smallest absolute Gasteiger partial charge is 0.00692 e. The number of hydrogen-bond donors (Lipinski definition) is 0. The minimum absolute atomic E-state index is 0.806. The lowest BCUT2D eigenvalue weighted by molar-refractivity contribution is 0.287. The van der Waals surface area contributed by atoms with Crippen LogP contribution in [0.15, 0.2) is 0 Å². The molecule has 78 valence electrons. The lowest BCUT2D eigenvalue weighted by atomic mass is 10.0. The summed E-state index contributed by atoms with van der Waals surface area (Å²) >= 11 is 3.54. The SMILES string of the molecule is CCCC1CCN(CC(C)CBr)C1. The van der Waals surface area contributed by atoms with Gasteiger partial charge >= 0.3 is 0 Å². The number of rotatable bonds is 5. The number of hydrogen-bond acceptors (Lipinski definition) is 1. The minimum atomic E-state index is 0.806. The van der Waals surface area contributed by atoms with E-state index in [0.717, 1.165) is 17.2 Å². The first-order valence-electron chi connectivity index (χ1n) is 5.54. The van der Waals surface area contributed by atoms with Crippen molar-refractivity contribution >= 4 is 15.9 Å². The van der Waals surface area contributed by atoms with Crippen LogP contribution in [-0.2, 0) is 0 Å². The number of halogens is 1. The number of likely N-dealkylation sites (tertiary alicyclic amines) is 1. The zero-order chi connectivity index (χ0) is 9.68. The minimum Gasteiger partial charge on any atom is -0.303 e. The summed E-state index contributed by atoms with van der Waals surface area (Å²) in [6, 6.07) is 0. The molecule has 2 atom stereocenters. The monoisotopic (exact) mass is 247 g/mol. The van der Waals surface area contributed by atoms with E-state index in [1.54, 1.807) is 0 Å². The van der Waals surface area contributed by atoms with Crippen molar-refractivity contribution in [1.29, 1.82) is 0 Å². The highest BCUT2D eigenvalue weighted by atomic mass is 79.9. The Morgan fingerprint density at radius 1 is 1.54 bits per heavy atom. The highest BCUT2D eigenvalue weighted by Gasteiger charge is 2.22. The number of alkyl halides is 1. The zero-order valence-corrected chi connectivity index (χ0v) is 10.5. The van der Waals surface area contributed by atoms with Crippen LogP contribution in [0.1, 0.15) is 33.1 Å². The van der Waals surface area contributed by atoms with Gasteiger partial charge in [0.15, 0.2) is 0 Å². The van der Waals surface area contributed by atoms with Crippen LogP contribution in [0.5, 0.6) is 0 Å². The van der Waals surface area contributed by atoms with Gasteiger partial charge in [0.25, 0.3) is 0 Å². The van der Waals surface area contributed by atoms with E-state index in [0.29, 0.717) is 0 Å². The number of nitrogens with zero attached hydrogens (tertiary/aromatic N) is 1. The molecule has 1 nitrogen and oxygen atoms in total. The van der Waals surface area contributed by atoms with Gasteiger partial charge in [0, 0.05) is 18.4 Å². The van der Waals surface area contributed by atoms with E-state index in [9.17, 15) is 0 Å². The predicted octanol–water partition coefficient (Wildman–Crippen LogP) is 3.14. The van der Waals surface area contributed by atoms with E-state index in [1.807, 2.05) is 0 Å². The van der Waals surface area contributed by atoms with Crippen molar-refractivity contribution in [2.45, 2.75) is 33.1 Å². The van der Waals surface area contributed by atoms with E-state index in [-0.39, 0.29) is 0 Å². The van der Waals surface area contributed by atoms with Gasteiger partial charge in [-0.3, -0.25) is 0 Å². The molecule has 0 saturated carbocycles. The molecule has 1 heterocycles. The van der Waals surface area contributed by atoms with Crippen LogP contribution in [0.25, 0.3) is 0 Å². The second-order valence-electron chi connectivity index (χ2n) is 4.46. The maximum absolute atomic E-state index is 3.54. The van der Waals surface area contributed by atoms with Crippen LogP contribution < -0.4 is 0 Å². The summed E-state index contributed by atoms with van der Waals surface area (Å²) in [7, 11) is 0. The Hall–Kier alpha value is 0.440. The van der Waals surface area contributed by atoms with Gasteiger partial charge in [-0.1, -0.05) is 36.2 Å². The predicted molar refractivity (Wildman–Crippen MR) is 62.4 cm³/mol. The summed E-state index contributed by atoms with van der Waals surface area (Å²) in [4.78, 5) is 2.63. The van der Waals surface area contributed by atoms with Gasteiger partial charge in [0.1, 0.15) is 0 Å². The maximum Gasteiger partial charge on any atom is 0.00692 e. The Kier molecular flexibility index (Phi) is 5.34. The van der Waals surface area contributed by atoms with Gasteiger partial charge in [-0.15, -0.1) is 0 Å². The molecule has 13 heavy (non-hydrogen) atoms. The van der Waals surface area contributed by atoms with Gasteiger partial charge in [-0.25, -0.2) is 0 Å². The summed E-state index contributed by atoms with van der Waals surface area (Å²) in [5, 5.41) is 1.14. The highest BCUT2D eigenvalue weighted by Crippen LogP contribution is 2.21. The fraction of sp³-hybridized carbons (Fsp3) is 1.00. The summed E-state index contributed by atoms with van der Waals surface area (Å²) in [5.41, 5.74) is 0. The Labute approximate surface area is 91.0 Å². The first-order valence-corrected chi connectivity index (χ1v) is 6.66. The van der Waals surface area contributed by atoms with Crippen molar-refractivity contribution in [2.24, 2.45) is 11.8 Å². The highest BCUT2D eigenvalue weighted by molar-refractivity contribution is 9.09. The van der Waals surface area contributed by atoms with Crippen molar-refractivity contribution < 1.29 is 0 Å². The van der Waals surface area contributed by atoms with Crippen LogP contribution in [0, 0.1) is 11.8 Å². The maximum atomic E-state index is 3.54. The molecule has 0 bridgehead atoms. The lowest BCUT2D eigenvalue weighted by Gasteiger charge is -2.19. The Bertz CT molecular complexity index is 138. The molecular formula is C11H22BrN. The molecule has 1 rings (SSSR count). The lowest BCUT2D eigenvalue weighted by Crippen LogP contribution is -2.26. The van der Waals surface area contributed by atoms with Crippen molar-refractivity contribution in [2.75, 3.05) is 25.0 Å². The fourth-order valence-corrected chi connectivity index (χ4v) is 2.42. The summed E-state index contributed by atoms with van der Waals surface area (Å²) in [6.45, 7) is 8.59. The topological polar surface area (TPSA) is 3.24 Å². The summed E-state index contributed by atoms with van der Waals surface area (Å²) < 4.78 is 0. The largest absolute Gasteiger partial charge is 0.303 e. The molecule has 0 aromatic carbocycles. The van der Waals surface area contributed by atoms with Gasteiger partial charge in [-0.2, -0.15) is 0 Å². The summed E-state index contributed by atoms with van der Waals surface area (Å²) in [5.74, 6) is 1.80. The van der Waals surface area contributed by atoms with Gasteiger partial charge in [0.05, 0.1) is 0 Å². The van der Waals surface area contributed by atoms with Gasteiger partial charge in [-0.05, 0) is 31.2 Å². The quantitative estimate of drug-likeness (QED) is 0.675. The van der Waals surface area contributed by atoms with E-state index < -0.39 is 0 Å². The Morgan fingerprint density at radius 2 is 2.31 bits per heavy atom. The van der Waals surface area contributed by atoms with Crippen LogP contribution in [-0.4, -0.2) is 29.9 Å². The van der Waals surface area contributed by atoms with Gasteiger partial charge in [0.2, 0.25) is 0 Å². The Balaban J connectivity index is 2.17. The van der Waals surface area contributed by atoms with Crippen molar-refractivity contribution in [3.05, 3.63) is 0 Å². The van der Waals surface area contributed by atoms with Gasteiger partial charge < -0.3 is 4.90 Å². The van der Waals surface area contributed by atoms with E-state index in [1.165, 1.54) is 38.9 Å². The molecule has 0 aromatic rings. The molecule has 1 aliphatic heterocycles. The van der Waals surface area contributed by atoms with Crippen molar-refractivity contribution in [3.63, 3.8) is 0 Å². The zero-order valence-electron chi connectivity index (χ0n) is 8.93. The third-order valence-electron chi connectivity index (χ3n) is 2.90. The van der Waals surface area contributed by atoms with Crippen LogP contribution in [0.4, 0.5) is 0 Å². The van der Waals surface area contributed by atoms with E-state index in [4.69, 9.17) is 0 Å². The van der Waals surface area contributed by atoms with Crippen LogP contribution in [0.2, 0.25) is 0 Å². The first-order chi connectivity index (χ1) is 6.26. The van der Waals surface area contributed by atoms with Crippen LogP contribution >= 0.6 is 15.9 Å². The van der Waals surface area contributed by atoms with Crippen molar-refractivity contribution in [1.82, 2.24) is 4.90 Å². The second-order valence-corrected chi connectivity index (χ2v) is 5.11. The Morgan fingerprint density at radius 3 is 2.92 bits per heavy atom. The molecule has 1 fully saturated rings. The molecule has 0 spiro atoms. The molecule has 2 heteroatoms. The third kappa shape index (κ3) is 3.99. The molecule has 1 saturated heterocycles. The summed E-state index contributed by atoms with van der Waals surface area (Å²) in [6.07, 6.45) is 4.22. The normalized spacial score (nSPS) is 26.5. The third-order valence-corrected chi connectivity index (χ3v) is 4.01. The molecule has 1 aliphatic rings. The van der Waals surface area contributed by atoms with Crippen molar-refractivity contribution in [3.8, 4) is 0 Å². The standard InChI is InChI=1S/C11H22BrN/c1-3-4-11-5-6-13(9-11)8-10(2)7-12/h10-11H,3-9H2,1-2H3. The molecule has 2 unspecified atom stereocenters. The molecule has 0 aliphatic carbocycles. The molecule has 0 amide bonds. The average Bonchev–Trinajstić information content (AvgIpc) is 2.53. The first kappa shape index (κ1) is 11.5. The molecular weight excluding hydrogens is 226 g/mol. The fourth-order valence-electron chi connectivity index (χ4n) is 2.21. The van der Waals surface area contributed by atoms with E-state index in [2.05, 4.69) is 34.7 Å². The second kappa shape index (κ2) is 6.02.